The van der Waals surface area contributed by atoms with Crippen LogP contribution >= 0.6 is 31.5 Å². The van der Waals surface area contributed by atoms with E-state index in [2.05, 4.69) is 31.5 Å². The third kappa shape index (κ3) is 28.1. The molecular weight excluding hydrogens is 235 g/mol. The van der Waals surface area contributed by atoms with Crippen molar-refractivity contribution in [3.05, 3.63) is 0 Å². The van der Waals surface area contributed by atoms with Crippen molar-refractivity contribution >= 4 is 36.4 Å². The van der Waals surface area contributed by atoms with Crippen LogP contribution in [0, 0.1) is 0 Å². The maximum absolute atomic E-state index is 4.83. The topological polar surface area (TPSA) is 9.23 Å². The second-order valence-corrected chi connectivity index (χ2v) is 3.51. The molecule has 0 spiro atoms. The molecule has 0 heterocycles. The van der Waals surface area contributed by atoms with E-state index in [4.69, 9.17) is 4.74 Å². The summed E-state index contributed by atoms with van der Waals surface area (Å²) in [7, 11) is 0. The smallest absolute Gasteiger partial charge is 0.282 e. The number of hydrogen-bond donors (Lipinski definition) is 0. The van der Waals surface area contributed by atoms with E-state index < -0.39 is 0 Å². The zero-order valence-electron chi connectivity index (χ0n) is 5.29. The molecule has 0 atom stereocenters. The summed E-state index contributed by atoms with van der Waals surface area (Å²) in [6, 6.07) is 0. The van der Waals surface area contributed by atoms with Gasteiger partial charge in [0.15, 0.2) is 0 Å². The van der Waals surface area contributed by atoms with Gasteiger partial charge in [-0.2, -0.15) is 0 Å². The van der Waals surface area contributed by atoms with Gasteiger partial charge in [-0.3, -0.25) is 0 Å². The predicted octanol–water partition coefficient (Wildman–Crippen LogP) is 2.09. The highest BCUT2D eigenvalue weighted by Gasteiger charge is 1.64. The molecule has 0 aliphatic carbocycles. The Balaban J connectivity index is 0. The van der Waals surface area contributed by atoms with Crippen molar-refractivity contribution in [1.29, 1.82) is 0 Å². The lowest BCUT2D eigenvalue weighted by atomic mass is 10.8. The Bertz CT molecular complexity index is 28.0. The Hall–Kier alpha value is 0.985. The van der Waals surface area contributed by atoms with Crippen LogP contribution in [-0.4, -0.2) is 18.1 Å². The monoisotopic (exact) mass is 244 g/mol. The summed E-state index contributed by atoms with van der Waals surface area (Å²) in [4.78, 5) is 0.875. The Morgan fingerprint density at radius 1 is 1.25 bits per heavy atom. The van der Waals surface area contributed by atoms with E-state index in [9.17, 15) is 0 Å². The number of ether oxygens (including phenoxy) is 1. The molecule has 0 unspecified atom stereocenters. The van der Waals surface area contributed by atoms with Crippen LogP contribution in [0.1, 0.15) is 13.8 Å². The highest BCUT2D eigenvalue weighted by atomic mass is 79.9. The molecule has 4 heteroatoms. The third-order valence-electron chi connectivity index (χ3n) is 0.408. The molecule has 0 aromatic carbocycles. The van der Waals surface area contributed by atoms with Crippen molar-refractivity contribution in [2.75, 3.05) is 13.2 Å². The minimum Gasteiger partial charge on any atom is -0.382 e. The fourth-order valence-corrected chi connectivity index (χ4v) is 0.204. The molecule has 0 N–H and O–H groups in total. The summed E-state index contributed by atoms with van der Waals surface area (Å²) in [5.41, 5.74) is 0. The first kappa shape index (κ1) is 11.7. The van der Waals surface area contributed by atoms with Gasteiger partial charge in [0.2, 0.25) is 0 Å². The largest absolute Gasteiger partial charge is 0.382 e. The molecule has 0 aromatic rings. The van der Waals surface area contributed by atoms with Gasteiger partial charge in [0.25, 0.3) is 4.93 Å². The molecule has 0 fully saturated rings. The molecular formula is C4H11BBr2O. The molecule has 50 valence electrons. The van der Waals surface area contributed by atoms with E-state index in [0.717, 1.165) is 18.1 Å². The van der Waals surface area contributed by atoms with Crippen LogP contribution in [0.4, 0.5) is 0 Å². The summed E-state index contributed by atoms with van der Waals surface area (Å²) >= 11 is 6.12. The first-order valence-corrected chi connectivity index (χ1v) is 4.77. The zero-order valence-corrected chi connectivity index (χ0v) is 8.46. The number of rotatable bonds is 2. The van der Waals surface area contributed by atoms with E-state index in [1.165, 1.54) is 0 Å². The van der Waals surface area contributed by atoms with E-state index in [-0.39, 0.29) is 0 Å². The molecule has 0 saturated heterocycles. The van der Waals surface area contributed by atoms with Gasteiger partial charge >= 0.3 is 0 Å². The SMILES string of the molecule is BrBBr.CCOCC. The van der Waals surface area contributed by atoms with Gasteiger partial charge in [0.1, 0.15) is 0 Å². The number of halogens is 2. The van der Waals surface area contributed by atoms with E-state index in [1.54, 1.807) is 0 Å². The van der Waals surface area contributed by atoms with Crippen molar-refractivity contribution < 1.29 is 4.74 Å². The van der Waals surface area contributed by atoms with Crippen LogP contribution in [-0.2, 0) is 4.74 Å². The van der Waals surface area contributed by atoms with Crippen molar-refractivity contribution in [3.8, 4) is 0 Å². The van der Waals surface area contributed by atoms with Gasteiger partial charge in [0.05, 0.1) is 0 Å². The Morgan fingerprint density at radius 2 is 1.50 bits per heavy atom. The van der Waals surface area contributed by atoms with Crippen molar-refractivity contribution in [3.63, 3.8) is 0 Å². The molecule has 0 aliphatic rings. The second-order valence-electron chi connectivity index (χ2n) is 0.882. The maximum atomic E-state index is 4.83. The van der Waals surface area contributed by atoms with Crippen molar-refractivity contribution in [2.24, 2.45) is 0 Å². The lowest BCUT2D eigenvalue weighted by Crippen LogP contribution is -1.84. The van der Waals surface area contributed by atoms with Crippen LogP contribution in [0.15, 0.2) is 0 Å². The van der Waals surface area contributed by atoms with Crippen LogP contribution in [0.5, 0.6) is 0 Å². The van der Waals surface area contributed by atoms with Gasteiger partial charge in [0, 0.05) is 13.2 Å². The molecule has 0 rings (SSSR count). The van der Waals surface area contributed by atoms with Gasteiger partial charge in [-0.25, -0.2) is 0 Å². The first-order valence-electron chi connectivity index (χ1n) is 2.53. The molecule has 0 aliphatic heterocycles. The minimum atomic E-state index is 0.844. The van der Waals surface area contributed by atoms with Crippen LogP contribution < -0.4 is 0 Å². The standard InChI is InChI=1S/C4H10O.BBr2H/c1-3-5-4-2;2-1-3/h3-4H2,1-2H3;1H. The molecule has 1 nitrogen and oxygen atoms in total. The summed E-state index contributed by atoms with van der Waals surface area (Å²) in [5.74, 6) is 0. The minimum absolute atomic E-state index is 0.844. The average Bonchev–Trinajstić information content (AvgIpc) is 1.71. The van der Waals surface area contributed by atoms with Crippen molar-refractivity contribution in [1.82, 2.24) is 0 Å². The summed E-state index contributed by atoms with van der Waals surface area (Å²) in [6.45, 7) is 5.67. The summed E-state index contributed by atoms with van der Waals surface area (Å²) in [5, 5.41) is 0. The van der Waals surface area contributed by atoms with E-state index in [1.807, 2.05) is 13.8 Å². The van der Waals surface area contributed by atoms with Gasteiger partial charge < -0.3 is 4.74 Å². The fraction of sp³-hybridized carbons (Fsp3) is 1.00. The third-order valence-corrected chi connectivity index (χ3v) is 0.408. The summed E-state index contributed by atoms with van der Waals surface area (Å²) < 4.78 is 4.83. The molecule has 0 amide bonds. The highest BCUT2D eigenvalue weighted by molar-refractivity contribution is 9.47. The second kappa shape index (κ2) is 15.7. The maximum Gasteiger partial charge on any atom is 0.282 e. The quantitative estimate of drug-likeness (QED) is 0.677. The molecule has 0 radical (unpaired) electrons. The Labute approximate surface area is 68.4 Å². The van der Waals surface area contributed by atoms with Gasteiger partial charge in [-0.05, 0) is 13.8 Å². The molecule has 0 bridgehead atoms. The van der Waals surface area contributed by atoms with Gasteiger partial charge in [-0.1, -0.05) is 0 Å². The Morgan fingerprint density at radius 3 is 1.50 bits per heavy atom. The van der Waals surface area contributed by atoms with Crippen molar-refractivity contribution in [2.45, 2.75) is 13.8 Å². The lowest BCUT2D eigenvalue weighted by Gasteiger charge is -1.86. The fourth-order valence-electron chi connectivity index (χ4n) is 0.204. The van der Waals surface area contributed by atoms with E-state index in [0.29, 0.717) is 0 Å². The first-order chi connectivity index (χ1) is 3.83. The van der Waals surface area contributed by atoms with Crippen LogP contribution in [0.25, 0.3) is 0 Å². The lowest BCUT2D eigenvalue weighted by molar-refractivity contribution is 0.162. The molecule has 0 saturated carbocycles. The van der Waals surface area contributed by atoms with E-state index >= 15 is 0 Å². The highest BCUT2D eigenvalue weighted by Crippen LogP contribution is 1.77. The number of hydrogen-bond acceptors (Lipinski definition) is 1. The zero-order chi connectivity index (χ0) is 6.83. The predicted molar refractivity (Wildman–Crippen MR) is 47.2 cm³/mol. The molecule has 0 aromatic heterocycles. The Kier molecular flexibility index (Phi) is 23.0. The normalized spacial score (nSPS) is 7.00. The average molecular weight is 246 g/mol. The van der Waals surface area contributed by atoms with Gasteiger partial charge in [-0.15, -0.1) is 31.5 Å². The van der Waals surface area contributed by atoms with Crippen LogP contribution in [0.3, 0.4) is 0 Å². The van der Waals surface area contributed by atoms with Crippen LogP contribution in [0.2, 0.25) is 0 Å². The molecule has 8 heavy (non-hydrogen) atoms. The summed E-state index contributed by atoms with van der Waals surface area (Å²) in [6.07, 6.45) is 0.